The van der Waals surface area contributed by atoms with Crippen LogP contribution in [0.5, 0.6) is 0 Å². The van der Waals surface area contributed by atoms with Crippen LogP contribution in [-0.4, -0.2) is 9.91 Å². The second-order valence-corrected chi connectivity index (χ2v) is 2.99. The number of aryl methyl sites for hydroxylation is 2. The number of pyridine rings is 1. The monoisotopic (exact) mass is 192 g/mol. The second kappa shape index (κ2) is 4.50. The SMILES string of the molecule is CCc1ncc(/C=C/[N+](=O)[O-])cc1C. The Labute approximate surface area is 82.4 Å². The summed E-state index contributed by atoms with van der Waals surface area (Å²) in [6.07, 6.45) is 4.89. The molecule has 0 atom stereocenters. The van der Waals surface area contributed by atoms with Gasteiger partial charge in [-0.2, -0.15) is 0 Å². The van der Waals surface area contributed by atoms with Crippen molar-refractivity contribution in [1.82, 2.24) is 4.98 Å². The fourth-order valence-electron chi connectivity index (χ4n) is 1.23. The predicted octanol–water partition coefficient (Wildman–Crippen LogP) is 2.20. The van der Waals surface area contributed by atoms with Crippen LogP contribution in [-0.2, 0) is 6.42 Å². The van der Waals surface area contributed by atoms with Crippen molar-refractivity contribution in [1.29, 1.82) is 0 Å². The zero-order chi connectivity index (χ0) is 10.6. The van der Waals surface area contributed by atoms with Gasteiger partial charge in [0, 0.05) is 18.0 Å². The molecular weight excluding hydrogens is 180 g/mol. The third-order valence-electron chi connectivity index (χ3n) is 1.93. The van der Waals surface area contributed by atoms with E-state index in [1.807, 2.05) is 19.9 Å². The molecule has 0 aliphatic heterocycles. The number of nitrogens with zero attached hydrogens (tertiary/aromatic N) is 2. The third-order valence-corrected chi connectivity index (χ3v) is 1.93. The van der Waals surface area contributed by atoms with Crippen molar-refractivity contribution in [3.05, 3.63) is 45.4 Å². The van der Waals surface area contributed by atoms with Gasteiger partial charge >= 0.3 is 0 Å². The van der Waals surface area contributed by atoms with E-state index in [2.05, 4.69) is 4.98 Å². The van der Waals surface area contributed by atoms with Crippen molar-refractivity contribution < 1.29 is 4.92 Å². The van der Waals surface area contributed by atoms with Crippen LogP contribution in [0.2, 0.25) is 0 Å². The van der Waals surface area contributed by atoms with Crippen molar-refractivity contribution in [2.24, 2.45) is 0 Å². The van der Waals surface area contributed by atoms with E-state index in [9.17, 15) is 10.1 Å². The molecule has 0 aliphatic rings. The lowest BCUT2D eigenvalue weighted by molar-refractivity contribution is -0.400. The molecule has 74 valence electrons. The molecule has 0 N–H and O–H groups in total. The Hall–Kier alpha value is -1.71. The fourth-order valence-corrected chi connectivity index (χ4v) is 1.23. The Morgan fingerprint density at radius 2 is 2.36 bits per heavy atom. The Balaban J connectivity index is 2.91. The zero-order valence-corrected chi connectivity index (χ0v) is 8.23. The lowest BCUT2D eigenvalue weighted by Gasteiger charge is -2.01. The summed E-state index contributed by atoms with van der Waals surface area (Å²) in [5, 5.41) is 10.1. The molecule has 0 fully saturated rings. The molecule has 0 aliphatic carbocycles. The molecule has 4 heteroatoms. The summed E-state index contributed by atoms with van der Waals surface area (Å²) in [4.78, 5) is 13.8. The Morgan fingerprint density at radius 3 is 2.86 bits per heavy atom. The van der Waals surface area contributed by atoms with E-state index in [1.165, 1.54) is 6.08 Å². The Bertz CT molecular complexity index is 372. The van der Waals surface area contributed by atoms with Gasteiger partial charge in [-0.1, -0.05) is 6.92 Å². The van der Waals surface area contributed by atoms with Crippen molar-refractivity contribution in [3.63, 3.8) is 0 Å². The summed E-state index contributed by atoms with van der Waals surface area (Å²) in [6, 6.07) is 1.89. The van der Waals surface area contributed by atoms with Crippen molar-refractivity contribution >= 4 is 6.08 Å². The average molecular weight is 192 g/mol. The fraction of sp³-hybridized carbons (Fsp3) is 0.300. The molecule has 4 nitrogen and oxygen atoms in total. The number of hydrogen-bond donors (Lipinski definition) is 0. The molecule has 0 aromatic carbocycles. The van der Waals surface area contributed by atoms with Crippen molar-refractivity contribution in [3.8, 4) is 0 Å². The summed E-state index contributed by atoms with van der Waals surface area (Å²) in [6.45, 7) is 3.98. The van der Waals surface area contributed by atoms with Crippen LogP contribution in [0.25, 0.3) is 6.08 Å². The van der Waals surface area contributed by atoms with Gasteiger partial charge in [0.1, 0.15) is 0 Å². The van der Waals surface area contributed by atoms with Crippen LogP contribution in [0.1, 0.15) is 23.7 Å². The smallest absolute Gasteiger partial charge is 0.235 e. The van der Waals surface area contributed by atoms with Gasteiger partial charge in [0.25, 0.3) is 0 Å². The minimum absolute atomic E-state index is 0.483. The summed E-state index contributed by atoms with van der Waals surface area (Å²) >= 11 is 0. The first-order valence-electron chi connectivity index (χ1n) is 4.40. The van der Waals surface area contributed by atoms with E-state index in [0.717, 1.165) is 29.4 Å². The molecule has 0 saturated carbocycles. The van der Waals surface area contributed by atoms with Gasteiger partial charge in [0.2, 0.25) is 6.20 Å². The molecule has 0 bridgehead atoms. The highest BCUT2D eigenvalue weighted by Gasteiger charge is 1.98. The average Bonchev–Trinajstić information content (AvgIpc) is 2.15. The van der Waals surface area contributed by atoms with Crippen LogP contribution in [0.3, 0.4) is 0 Å². The molecule has 0 unspecified atom stereocenters. The number of aromatic nitrogens is 1. The normalized spacial score (nSPS) is 10.7. The van der Waals surface area contributed by atoms with Crippen LogP contribution in [0.4, 0.5) is 0 Å². The summed E-state index contributed by atoms with van der Waals surface area (Å²) in [5.41, 5.74) is 2.86. The lowest BCUT2D eigenvalue weighted by Crippen LogP contribution is -1.92. The van der Waals surface area contributed by atoms with E-state index in [0.29, 0.717) is 0 Å². The second-order valence-electron chi connectivity index (χ2n) is 2.99. The maximum absolute atomic E-state index is 10.1. The molecule has 14 heavy (non-hydrogen) atoms. The molecule has 0 radical (unpaired) electrons. The van der Waals surface area contributed by atoms with Crippen LogP contribution in [0, 0.1) is 17.0 Å². The predicted molar refractivity (Wildman–Crippen MR) is 54.4 cm³/mol. The molecule has 1 aromatic rings. The minimum atomic E-state index is -0.483. The molecule has 1 rings (SSSR count). The Kier molecular flexibility index (Phi) is 3.34. The highest BCUT2D eigenvalue weighted by molar-refractivity contribution is 5.48. The first-order chi connectivity index (χ1) is 6.63. The third kappa shape index (κ3) is 2.65. The van der Waals surface area contributed by atoms with Crippen LogP contribution >= 0.6 is 0 Å². The van der Waals surface area contributed by atoms with Gasteiger partial charge in [-0.15, -0.1) is 0 Å². The van der Waals surface area contributed by atoms with E-state index >= 15 is 0 Å². The topological polar surface area (TPSA) is 56.0 Å². The van der Waals surface area contributed by atoms with E-state index < -0.39 is 4.92 Å². The standard InChI is InChI=1S/C10H12N2O2/c1-3-10-8(2)6-9(7-11-10)4-5-12(13)14/h4-7H,3H2,1-2H3/b5-4+. The van der Waals surface area contributed by atoms with Gasteiger partial charge < -0.3 is 0 Å². The summed E-state index contributed by atoms with van der Waals surface area (Å²) in [7, 11) is 0. The lowest BCUT2D eigenvalue weighted by atomic mass is 10.1. The molecular formula is C10H12N2O2. The highest BCUT2D eigenvalue weighted by Crippen LogP contribution is 2.09. The first kappa shape index (κ1) is 10.4. The zero-order valence-electron chi connectivity index (χ0n) is 8.23. The van der Waals surface area contributed by atoms with Crippen LogP contribution < -0.4 is 0 Å². The quantitative estimate of drug-likeness (QED) is 0.545. The van der Waals surface area contributed by atoms with Gasteiger partial charge in [-0.3, -0.25) is 15.1 Å². The van der Waals surface area contributed by atoms with Crippen molar-refractivity contribution in [2.45, 2.75) is 20.3 Å². The maximum atomic E-state index is 10.1. The van der Waals surface area contributed by atoms with Crippen molar-refractivity contribution in [2.75, 3.05) is 0 Å². The molecule has 0 saturated heterocycles. The first-order valence-corrected chi connectivity index (χ1v) is 4.40. The van der Waals surface area contributed by atoms with Gasteiger partial charge in [-0.25, -0.2) is 0 Å². The summed E-state index contributed by atoms with van der Waals surface area (Å²) in [5.74, 6) is 0. The van der Waals surface area contributed by atoms with Crippen LogP contribution in [0.15, 0.2) is 18.5 Å². The van der Waals surface area contributed by atoms with E-state index in [4.69, 9.17) is 0 Å². The molecule has 0 spiro atoms. The Morgan fingerprint density at radius 1 is 1.64 bits per heavy atom. The number of rotatable bonds is 3. The highest BCUT2D eigenvalue weighted by atomic mass is 16.6. The van der Waals surface area contributed by atoms with Gasteiger partial charge in [-0.05, 0) is 30.5 Å². The molecule has 1 heterocycles. The number of nitro groups is 1. The molecule has 1 aromatic heterocycles. The van der Waals surface area contributed by atoms with E-state index in [1.54, 1.807) is 6.20 Å². The minimum Gasteiger partial charge on any atom is -0.260 e. The molecule has 0 amide bonds. The van der Waals surface area contributed by atoms with Gasteiger partial charge in [0.15, 0.2) is 0 Å². The largest absolute Gasteiger partial charge is 0.260 e. The number of hydrogen-bond acceptors (Lipinski definition) is 3. The van der Waals surface area contributed by atoms with E-state index in [-0.39, 0.29) is 0 Å². The summed E-state index contributed by atoms with van der Waals surface area (Å²) < 4.78 is 0. The maximum Gasteiger partial charge on any atom is 0.235 e. The van der Waals surface area contributed by atoms with Gasteiger partial charge in [0.05, 0.1) is 4.92 Å².